The predicted molar refractivity (Wildman–Crippen MR) is 42.3 cm³/mol. The Labute approximate surface area is 67.0 Å². The van der Waals surface area contributed by atoms with Gasteiger partial charge < -0.3 is 10.0 Å². The SMILES string of the molecule is CC1(F)CCN(CCO)CC1. The summed E-state index contributed by atoms with van der Waals surface area (Å²) in [4.78, 5) is 2.10. The van der Waals surface area contributed by atoms with Gasteiger partial charge in [-0.3, -0.25) is 0 Å². The molecule has 3 heteroatoms. The van der Waals surface area contributed by atoms with Crippen LogP contribution in [0, 0.1) is 0 Å². The monoisotopic (exact) mass is 161 g/mol. The van der Waals surface area contributed by atoms with Crippen LogP contribution in [0.25, 0.3) is 0 Å². The summed E-state index contributed by atoms with van der Waals surface area (Å²) in [5, 5.41) is 8.61. The Bertz CT molecular complexity index is 117. The number of hydrogen-bond acceptors (Lipinski definition) is 2. The number of β-amino-alcohol motifs (C(OH)–C–C–N with tert-alkyl or cyclic N) is 1. The van der Waals surface area contributed by atoms with Crippen molar-refractivity contribution >= 4 is 0 Å². The van der Waals surface area contributed by atoms with Gasteiger partial charge in [0.25, 0.3) is 0 Å². The Hall–Kier alpha value is -0.150. The van der Waals surface area contributed by atoms with Gasteiger partial charge in [-0.25, -0.2) is 4.39 Å². The Morgan fingerprint density at radius 1 is 1.45 bits per heavy atom. The van der Waals surface area contributed by atoms with Crippen molar-refractivity contribution < 1.29 is 9.50 Å². The van der Waals surface area contributed by atoms with Crippen molar-refractivity contribution in [3.05, 3.63) is 0 Å². The van der Waals surface area contributed by atoms with Gasteiger partial charge in [0, 0.05) is 19.6 Å². The molecule has 0 atom stereocenters. The standard InChI is InChI=1S/C8H16FNO/c1-8(9)2-4-10(5-3-8)6-7-11/h11H,2-7H2,1H3. The van der Waals surface area contributed by atoms with E-state index < -0.39 is 5.67 Å². The third-order valence-electron chi connectivity index (χ3n) is 2.31. The van der Waals surface area contributed by atoms with E-state index in [1.54, 1.807) is 6.92 Å². The molecule has 0 radical (unpaired) electrons. The number of piperidine rings is 1. The van der Waals surface area contributed by atoms with Gasteiger partial charge in [-0.2, -0.15) is 0 Å². The van der Waals surface area contributed by atoms with Crippen LogP contribution in [0.4, 0.5) is 4.39 Å². The third kappa shape index (κ3) is 2.75. The van der Waals surface area contributed by atoms with Crippen LogP contribution in [0.3, 0.4) is 0 Å². The summed E-state index contributed by atoms with van der Waals surface area (Å²) < 4.78 is 13.2. The molecule has 2 nitrogen and oxygen atoms in total. The summed E-state index contributed by atoms with van der Waals surface area (Å²) in [6.07, 6.45) is 1.21. The third-order valence-corrected chi connectivity index (χ3v) is 2.31. The molecule has 0 bridgehead atoms. The van der Waals surface area contributed by atoms with E-state index in [1.165, 1.54) is 0 Å². The summed E-state index contributed by atoms with van der Waals surface area (Å²) in [5.41, 5.74) is -0.966. The zero-order chi connectivity index (χ0) is 8.32. The number of aliphatic hydroxyl groups excluding tert-OH is 1. The Morgan fingerprint density at radius 2 is 2.00 bits per heavy atom. The molecule has 1 heterocycles. The van der Waals surface area contributed by atoms with Gasteiger partial charge in [0.2, 0.25) is 0 Å². The summed E-state index contributed by atoms with van der Waals surface area (Å²) in [7, 11) is 0. The van der Waals surface area contributed by atoms with Crippen LogP contribution >= 0.6 is 0 Å². The summed E-state index contributed by atoms with van der Waals surface area (Å²) in [6, 6.07) is 0. The van der Waals surface area contributed by atoms with E-state index >= 15 is 0 Å². The first-order valence-corrected chi connectivity index (χ1v) is 4.16. The fourth-order valence-electron chi connectivity index (χ4n) is 1.38. The molecule has 11 heavy (non-hydrogen) atoms. The molecule has 0 aromatic rings. The van der Waals surface area contributed by atoms with E-state index in [9.17, 15) is 4.39 Å². The molecule has 0 saturated carbocycles. The van der Waals surface area contributed by atoms with Crippen LogP contribution < -0.4 is 0 Å². The van der Waals surface area contributed by atoms with E-state index in [0.29, 0.717) is 19.4 Å². The minimum Gasteiger partial charge on any atom is -0.395 e. The lowest BCUT2D eigenvalue weighted by Gasteiger charge is -2.33. The molecular weight excluding hydrogens is 145 g/mol. The molecule has 1 saturated heterocycles. The van der Waals surface area contributed by atoms with Crippen molar-refractivity contribution in [3.63, 3.8) is 0 Å². The number of alkyl halides is 1. The molecule has 0 amide bonds. The molecule has 1 rings (SSSR count). The highest BCUT2D eigenvalue weighted by molar-refractivity contribution is 4.81. The van der Waals surface area contributed by atoms with Crippen molar-refractivity contribution in [2.24, 2.45) is 0 Å². The van der Waals surface area contributed by atoms with Crippen LogP contribution in [0.15, 0.2) is 0 Å². The van der Waals surface area contributed by atoms with Crippen LogP contribution in [0.2, 0.25) is 0 Å². The van der Waals surface area contributed by atoms with E-state index in [-0.39, 0.29) is 6.61 Å². The molecular formula is C8H16FNO. The first kappa shape index (κ1) is 8.94. The van der Waals surface area contributed by atoms with Crippen LogP contribution in [-0.2, 0) is 0 Å². The highest BCUT2D eigenvalue weighted by atomic mass is 19.1. The Morgan fingerprint density at radius 3 is 2.45 bits per heavy atom. The maximum absolute atomic E-state index is 13.2. The molecule has 0 aliphatic carbocycles. The summed E-state index contributed by atoms with van der Waals surface area (Å²) >= 11 is 0. The van der Waals surface area contributed by atoms with E-state index in [2.05, 4.69) is 4.90 Å². The number of halogens is 1. The maximum atomic E-state index is 13.2. The molecule has 0 aromatic heterocycles. The van der Waals surface area contributed by atoms with Crippen LogP contribution in [0.5, 0.6) is 0 Å². The smallest absolute Gasteiger partial charge is 0.110 e. The average Bonchev–Trinajstić information content (AvgIpc) is 1.94. The van der Waals surface area contributed by atoms with Crippen molar-refractivity contribution in [1.82, 2.24) is 4.90 Å². The fourth-order valence-corrected chi connectivity index (χ4v) is 1.38. The van der Waals surface area contributed by atoms with Gasteiger partial charge in [0.15, 0.2) is 0 Å². The van der Waals surface area contributed by atoms with E-state index in [1.807, 2.05) is 0 Å². The molecule has 1 fully saturated rings. The molecule has 0 aromatic carbocycles. The fraction of sp³-hybridized carbons (Fsp3) is 1.00. The second-order valence-corrected chi connectivity index (χ2v) is 3.48. The maximum Gasteiger partial charge on any atom is 0.110 e. The first-order valence-electron chi connectivity index (χ1n) is 4.16. The summed E-state index contributed by atoms with van der Waals surface area (Å²) in [6.45, 7) is 4.10. The van der Waals surface area contributed by atoms with E-state index in [4.69, 9.17) is 5.11 Å². The minimum atomic E-state index is -0.966. The lowest BCUT2D eigenvalue weighted by Crippen LogP contribution is -2.41. The van der Waals surface area contributed by atoms with Crippen molar-refractivity contribution in [2.75, 3.05) is 26.2 Å². The second kappa shape index (κ2) is 3.50. The highest BCUT2D eigenvalue weighted by Gasteiger charge is 2.28. The van der Waals surface area contributed by atoms with Crippen molar-refractivity contribution in [2.45, 2.75) is 25.4 Å². The topological polar surface area (TPSA) is 23.5 Å². The predicted octanol–water partition coefficient (Wildman–Crippen LogP) is 0.803. The molecule has 1 aliphatic rings. The molecule has 1 N–H and O–H groups in total. The number of likely N-dealkylation sites (tertiary alicyclic amines) is 1. The Balaban J connectivity index is 2.25. The first-order chi connectivity index (χ1) is 5.14. The zero-order valence-electron chi connectivity index (χ0n) is 7.02. The Kier molecular flexibility index (Phi) is 2.84. The van der Waals surface area contributed by atoms with Crippen molar-refractivity contribution in [3.8, 4) is 0 Å². The van der Waals surface area contributed by atoms with E-state index in [0.717, 1.165) is 13.1 Å². The zero-order valence-corrected chi connectivity index (χ0v) is 7.02. The molecule has 1 aliphatic heterocycles. The molecule has 0 unspecified atom stereocenters. The van der Waals surface area contributed by atoms with Crippen LogP contribution in [-0.4, -0.2) is 41.9 Å². The number of nitrogens with zero attached hydrogens (tertiary/aromatic N) is 1. The van der Waals surface area contributed by atoms with Gasteiger partial charge in [-0.05, 0) is 19.8 Å². The lowest BCUT2D eigenvalue weighted by atomic mass is 9.96. The molecule has 0 spiro atoms. The van der Waals surface area contributed by atoms with Gasteiger partial charge in [0.05, 0.1) is 6.61 Å². The number of hydrogen-bond donors (Lipinski definition) is 1. The number of aliphatic hydroxyl groups is 1. The lowest BCUT2D eigenvalue weighted by molar-refractivity contribution is 0.0647. The van der Waals surface area contributed by atoms with Gasteiger partial charge >= 0.3 is 0 Å². The normalized spacial score (nSPS) is 25.4. The van der Waals surface area contributed by atoms with Gasteiger partial charge in [-0.15, -0.1) is 0 Å². The second-order valence-electron chi connectivity index (χ2n) is 3.48. The van der Waals surface area contributed by atoms with Gasteiger partial charge in [-0.1, -0.05) is 0 Å². The quantitative estimate of drug-likeness (QED) is 0.647. The van der Waals surface area contributed by atoms with Crippen LogP contribution in [0.1, 0.15) is 19.8 Å². The highest BCUT2D eigenvalue weighted by Crippen LogP contribution is 2.24. The molecule has 66 valence electrons. The van der Waals surface area contributed by atoms with Gasteiger partial charge in [0.1, 0.15) is 5.67 Å². The number of rotatable bonds is 2. The average molecular weight is 161 g/mol. The largest absolute Gasteiger partial charge is 0.395 e. The summed E-state index contributed by atoms with van der Waals surface area (Å²) in [5.74, 6) is 0. The minimum absolute atomic E-state index is 0.184. The van der Waals surface area contributed by atoms with Crippen molar-refractivity contribution in [1.29, 1.82) is 0 Å².